The maximum atomic E-state index is 12.8. The van der Waals surface area contributed by atoms with E-state index in [4.69, 9.17) is 9.47 Å². The highest BCUT2D eigenvalue weighted by Gasteiger charge is 2.37. The Hall–Kier alpha value is -2.33. The van der Waals surface area contributed by atoms with Gasteiger partial charge in [-0.15, -0.1) is 0 Å². The standard InChI is InChI=1S/C26H33NO3/c1-3-24(28)23-18-27(16-19-9-5-4-6-10-19)17-22(23)20-13-14-25(29-2)26(15-20)30-21-11-7-8-12-21/h4-6,9-10,13-15,21-23H,3,7-8,11-12,16-18H2,1-2H3/t22-,23+/m0/s1. The molecular formula is C26H33NO3. The Labute approximate surface area is 180 Å². The predicted octanol–water partition coefficient (Wildman–Crippen LogP) is 5.21. The first-order valence-corrected chi connectivity index (χ1v) is 11.3. The number of benzene rings is 2. The molecule has 1 saturated heterocycles. The molecule has 1 aliphatic heterocycles. The van der Waals surface area contributed by atoms with Gasteiger partial charge in [0.2, 0.25) is 0 Å². The first-order chi connectivity index (χ1) is 14.7. The van der Waals surface area contributed by atoms with Gasteiger partial charge in [-0.05, 0) is 48.9 Å². The molecule has 4 heteroatoms. The number of hydrogen-bond acceptors (Lipinski definition) is 4. The molecule has 0 spiro atoms. The summed E-state index contributed by atoms with van der Waals surface area (Å²) < 4.78 is 11.9. The number of likely N-dealkylation sites (tertiary alicyclic amines) is 1. The molecule has 2 aromatic carbocycles. The van der Waals surface area contributed by atoms with Gasteiger partial charge < -0.3 is 9.47 Å². The van der Waals surface area contributed by atoms with Crippen LogP contribution in [0.15, 0.2) is 48.5 Å². The Morgan fingerprint density at radius 3 is 2.50 bits per heavy atom. The highest BCUT2D eigenvalue weighted by molar-refractivity contribution is 5.82. The van der Waals surface area contributed by atoms with Gasteiger partial charge in [-0.2, -0.15) is 0 Å². The van der Waals surface area contributed by atoms with E-state index >= 15 is 0 Å². The van der Waals surface area contributed by atoms with E-state index in [1.54, 1.807) is 7.11 Å². The number of Topliss-reactive ketones (excluding diaryl/α,β-unsaturated/α-hetero) is 1. The summed E-state index contributed by atoms with van der Waals surface area (Å²) in [6.07, 6.45) is 5.55. The maximum Gasteiger partial charge on any atom is 0.161 e. The van der Waals surface area contributed by atoms with Gasteiger partial charge >= 0.3 is 0 Å². The van der Waals surface area contributed by atoms with Crippen LogP contribution in [0.5, 0.6) is 11.5 Å². The van der Waals surface area contributed by atoms with E-state index in [2.05, 4.69) is 41.3 Å². The summed E-state index contributed by atoms with van der Waals surface area (Å²) in [6.45, 7) is 4.56. The van der Waals surface area contributed by atoms with Crippen molar-refractivity contribution in [2.75, 3.05) is 20.2 Å². The summed E-state index contributed by atoms with van der Waals surface area (Å²) in [6, 6.07) is 16.8. The van der Waals surface area contributed by atoms with Gasteiger partial charge in [0.15, 0.2) is 11.5 Å². The molecular weight excluding hydrogens is 374 g/mol. The third kappa shape index (κ3) is 4.70. The summed E-state index contributed by atoms with van der Waals surface area (Å²) in [5.74, 6) is 2.18. The summed E-state index contributed by atoms with van der Waals surface area (Å²) in [7, 11) is 1.69. The first kappa shape index (κ1) is 20.9. The second kappa shape index (κ2) is 9.65. The zero-order chi connectivity index (χ0) is 20.9. The smallest absolute Gasteiger partial charge is 0.161 e. The van der Waals surface area contributed by atoms with Gasteiger partial charge in [0, 0.05) is 37.9 Å². The molecule has 0 N–H and O–H groups in total. The van der Waals surface area contributed by atoms with Crippen LogP contribution in [0.1, 0.15) is 56.1 Å². The van der Waals surface area contributed by atoms with Gasteiger partial charge in [0.1, 0.15) is 5.78 Å². The van der Waals surface area contributed by atoms with E-state index in [1.165, 1.54) is 24.0 Å². The number of carbonyl (C=O) groups is 1. The van der Waals surface area contributed by atoms with E-state index in [-0.39, 0.29) is 17.9 Å². The molecule has 160 valence electrons. The number of carbonyl (C=O) groups excluding carboxylic acids is 1. The molecule has 2 atom stereocenters. The maximum absolute atomic E-state index is 12.8. The monoisotopic (exact) mass is 407 g/mol. The number of rotatable bonds is 8. The Balaban J connectivity index is 1.57. The Bertz CT molecular complexity index is 845. The minimum Gasteiger partial charge on any atom is -0.493 e. The first-order valence-electron chi connectivity index (χ1n) is 11.3. The lowest BCUT2D eigenvalue weighted by Gasteiger charge is -2.21. The molecule has 0 radical (unpaired) electrons. The fraction of sp³-hybridized carbons (Fsp3) is 0.500. The molecule has 1 aliphatic carbocycles. The normalized spacial score (nSPS) is 22.3. The van der Waals surface area contributed by atoms with Gasteiger partial charge in [-0.3, -0.25) is 9.69 Å². The molecule has 0 bridgehead atoms. The van der Waals surface area contributed by atoms with Crippen LogP contribution in [0.25, 0.3) is 0 Å². The summed E-state index contributed by atoms with van der Waals surface area (Å²) in [5.41, 5.74) is 2.48. The fourth-order valence-electron chi connectivity index (χ4n) is 4.98. The van der Waals surface area contributed by atoms with Crippen LogP contribution in [0.3, 0.4) is 0 Å². The highest BCUT2D eigenvalue weighted by Crippen LogP contribution is 2.39. The second-order valence-electron chi connectivity index (χ2n) is 8.65. The van der Waals surface area contributed by atoms with E-state index in [0.29, 0.717) is 12.2 Å². The van der Waals surface area contributed by atoms with Crippen molar-refractivity contribution in [1.29, 1.82) is 0 Å². The molecule has 2 aromatic rings. The third-order valence-electron chi connectivity index (χ3n) is 6.62. The van der Waals surface area contributed by atoms with Crippen molar-refractivity contribution < 1.29 is 14.3 Å². The van der Waals surface area contributed by atoms with Crippen molar-refractivity contribution in [2.24, 2.45) is 5.92 Å². The average molecular weight is 408 g/mol. The molecule has 1 heterocycles. The van der Waals surface area contributed by atoms with Crippen molar-refractivity contribution in [2.45, 2.75) is 57.6 Å². The average Bonchev–Trinajstić information content (AvgIpc) is 3.44. The van der Waals surface area contributed by atoms with Crippen LogP contribution in [0, 0.1) is 5.92 Å². The summed E-state index contributed by atoms with van der Waals surface area (Å²) >= 11 is 0. The molecule has 2 aliphatic rings. The molecule has 0 aromatic heterocycles. The van der Waals surface area contributed by atoms with Crippen molar-refractivity contribution in [3.05, 3.63) is 59.7 Å². The lowest BCUT2D eigenvalue weighted by Crippen LogP contribution is -2.23. The van der Waals surface area contributed by atoms with E-state index < -0.39 is 0 Å². The summed E-state index contributed by atoms with van der Waals surface area (Å²) in [5, 5.41) is 0. The number of ketones is 1. The third-order valence-corrected chi connectivity index (χ3v) is 6.62. The minimum atomic E-state index is 0.0337. The van der Waals surface area contributed by atoms with E-state index in [1.807, 2.05) is 19.1 Å². The topological polar surface area (TPSA) is 38.8 Å². The molecule has 1 saturated carbocycles. The molecule has 30 heavy (non-hydrogen) atoms. The number of methoxy groups -OCH3 is 1. The Morgan fingerprint density at radius 2 is 1.80 bits per heavy atom. The van der Waals surface area contributed by atoms with Gasteiger partial charge in [0.05, 0.1) is 13.2 Å². The van der Waals surface area contributed by atoms with Crippen molar-refractivity contribution in [1.82, 2.24) is 4.90 Å². The van der Waals surface area contributed by atoms with Crippen LogP contribution < -0.4 is 9.47 Å². The van der Waals surface area contributed by atoms with Crippen LogP contribution in [-0.2, 0) is 11.3 Å². The van der Waals surface area contributed by atoms with Crippen molar-refractivity contribution >= 4 is 5.78 Å². The molecule has 0 unspecified atom stereocenters. The van der Waals surface area contributed by atoms with Gasteiger partial charge in [0.25, 0.3) is 0 Å². The highest BCUT2D eigenvalue weighted by atomic mass is 16.5. The Kier molecular flexibility index (Phi) is 6.73. The van der Waals surface area contributed by atoms with Crippen LogP contribution >= 0.6 is 0 Å². The lowest BCUT2D eigenvalue weighted by atomic mass is 9.85. The zero-order valence-electron chi connectivity index (χ0n) is 18.2. The zero-order valence-corrected chi connectivity index (χ0v) is 18.2. The van der Waals surface area contributed by atoms with Gasteiger partial charge in [-0.1, -0.05) is 43.3 Å². The van der Waals surface area contributed by atoms with Crippen LogP contribution in [0.2, 0.25) is 0 Å². The second-order valence-corrected chi connectivity index (χ2v) is 8.65. The fourth-order valence-corrected chi connectivity index (χ4v) is 4.98. The minimum absolute atomic E-state index is 0.0337. The van der Waals surface area contributed by atoms with Crippen molar-refractivity contribution in [3.63, 3.8) is 0 Å². The largest absolute Gasteiger partial charge is 0.493 e. The van der Waals surface area contributed by atoms with Crippen LogP contribution in [0.4, 0.5) is 0 Å². The lowest BCUT2D eigenvalue weighted by molar-refractivity contribution is -0.122. The molecule has 4 nitrogen and oxygen atoms in total. The van der Waals surface area contributed by atoms with E-state index in [9.17, 15) is 4.79 Å². The number of hydrogen-bond donors (Lipinski definition) is 0. The quantitative estimate of drug-likeness (QED) is 0.602. The number of nitrogens with zero attached hydrogens (tertiary/aromatic N) is 1. The number of ether oxygens (including phenoxy) is 2. The van der Waals surface area contributed by atoms with E-state index in [0.717, 1.165) is 44.0 Å². The van der Waals surface area contributed by atoms with Crippen molar-refractivity contribution in [3.8, 4) is 11.5 Å². The van der Waals surface area contributed by atoms with Gasteiger partial charge in [-0.25, -0.2) is 0 Å². The van der Waals surface area contributed by atoms with Crippen LogP contribution in [-0.4, -0.2) is 37.0 Å². The molecule has 2 fully saturated rings. The predicted molar refractivity (Wildman–Crippen MR) is 119 cm³/mol. The Morgan fingerprint density at radius 1 is 1.03 bits per heavy atom. The molecule has 4 rings (SSSR count). The summed E-state index contributed by atoms with van der Waals surface area (Å²) in [4.78, 5) is 15.2. The SMILES string of the molecule is CCC(=O)[C@@H]1CN(Cc2ccccc2)C[C@H]1c1ccc(OC)c(OC2CCCC2)c1. The molecule has 0 amide bonds.